The molecule has 0 spiro atoms. The van der Waals surface area contributed by atoms with Crippen molar-refractivity contribution in [3.8, 4) is 0 Å². The number of hydrogen-bond acceptors (Lipinski definition) is 3. The summed E-state index contributed by atoms with van der Waals surface area (Å²) >= 11 is 0. The fraction of sp³-hybridized carbons (Fsp3) is 0.846. The van der Waals surface area contributed by atoms with Gasteiger partial charge in [0.1, 0.15) is 0 Å². The van der Waals surface area contributed by atoms with Gasteiger partial charge in [0.2, 0.25) is 0 Å². The Morgan fingerprint density at radius 1 is 0.871 bits per heavy atom. The summed E-state index contributed by atoms with van der Waals surface area (Å²) in [6.45, 7) is 23.4. The van der Waals surface area contributed by atoms with E-state index in [0.29, 0.717) is 10.3 Å². The summed E-state index contributed by atoms with van der Waals surface area (Å²) in [6, 6.07) is 0. The lowest BCUT2D eigenvalue weighted by Crippen LogP contribution is -2.82. The molecule has 0 radical (unpaired) electrons. The maximum absolute atomic E-state index is 6.86. The minimum absolute atomic E-state index is 0.178. The Bertz CT molecular complexity index is 771. The van der Waals surface area contributed by atoms with Gasteiger partial charge in [0, 0.05) is 12.8 Å². The van der Waals surface area contributed by atoms with E-state index < -0.39 is 11.6 Å². The summed E-state index contributed by atoms with van der Waals surface area (Å²) in [5, 5.41) is 0.603. The maximum atomic E-state index is 6.86. The topological polar surface area (TPSA) is 27.7 Å². The van der Waals surface area contributed by atoms with Crippen molar-refractivity contribution in [3.63, 3.8) is 0 Å². The fourth-order valence-electron chi connectivity index (χ4n) is 7.92. The molecule has 5 rings (SSSR count). The molecule has 0 aromatic carbocycles. The third-order valence-corrected chi connectivity index (χ3v) is 12.7. The molecule has 0 aromatic rings. The van der Waals surface area contributed by atoms with E-state index >= 15 is 0 Å². The largest absolute Gasteiger partial charge is 0.343 e. The first-order chi connectivity index (χ1) is 13.9. The molecule has 0 aromatic heterocycles. The van der Waals surface area contributed by atoms with E-state index in [9.17, 15) is 0 Å². The molecule has 0 N–H and O–H groups in total. The second-order valence-electron chi connectivity index (χ2n) is 13.0. The minimum Gasteiger partial charge on any atom is -0.343 e. The summed E-state index contributed by atoms with van der Waals surface area (Å²) in [4.78, 5) is 0. The summed E-state index contributed by atoms with van der Waals surface area (Å²) < 4.78 is 20.1. The molecule has 5 atom stereocenters. The van der Waals surface area contributed by atoms with Crippen molar-refractivity contribution in [1.82, 2.24) is 0 Å². The SMILES string of the molecule is CC12CC3(C)OC(C)(CC(C)(O1)C3(CP)C1=C(CP(C(C)(C)C)C(C)(C)C)C=CC1)O2. The van der Waals surface area contributed by atoms with E-state index in [1.54, 1.807) is 5.57 Å². The van der Waals surface area contributed by atoms with Crippen LogP contribution in [0.3, 0.4) is 0 Å². The first-order valence-electron chi connectivity index (χ1n) is 11.9. The van der Waals surface area contributed by atoms with Crippen LogP contribution in [0.25, 0.3) is 0 Å². The van der Waals surface area contributed by atoms with E-state index in [1.165, 1.54) is 5.57 Å². The van der Waals surface area contributed by atoms with Crippen LogP contribution in [-0.4, -0.2) is 45.4 Å². The van der Waals surface area contributed by atoms with Crippen molar-refractivity contribution in [3.05, 3.63) is 23.3 Å². The molecular weight excluding hydrogens is 422 g/mol. The van der Waals surface area contributed by atoms with Crippen molar-refractivity contribution in [2.75, 3.05) is 12.3 Å². The predicted octanol–water partition coefficient (Wildman–Crippen LogP) is 7.00. The zero-order valence-electron chi connectivity index (χ0n) is 21.4. The van der Waals surface area contributed by atoms with Gasteiger partial charge in [-0.05, 0) is 62.3 Å². The Morgan fingerprint density at radius 2 is 1.35 bits per heavy atom. The Kier molecular flexibility index (Phi) is 5.41. The van der Waals surface area contributed by atoms with Crippen LogP contribution in [0.5, 0.6) is 0 Å². The average Bonchev–Trinajstić information content (AvgIpc) is 2.95. The second-order valence-corrected chi connectivity index (χ2v) is 17.3. The van der Waals surface area contributed by atoms with Crippen LogP contribution in [0, 0.1) is 5.41 Å². The van der Waals surface area contributed by atoms with Crippen molar-refractivity contribution >= 4 is 17.2 Å². The van der Waals surface area contributed by atoms with Crippen LogP contribution >= 0.6 is 17.2 Å². The molecule has 0 amide bonds. The van der Waals surface area contributed by atoms with Crippen molar-refractivity contribution < 1.29 is 14.2 Å². The van der Waals surface area contributed by atoms with Crippen molar-refractivity contribution in [2.24, 2.45) is 5.41 Å². The van der Waals surface area contributed by atoms with Crippen LogP contribution in [0.2, 0.25) is 0 Å². The molecule has 5 heteroatoms. The zero-order valence-corrected chi connectivity index (χ0v) is 23.5. The molecule has 4 fully saturated rings. The summed E-state index contributed by atoms with van der Waals surface area (Å²) in [7, 11) is 2.86. The van der Waals surface area contributed by atoms with E-state index in [-0.39, 0.29) is 24.5 Å². The van der Waals surface area contributed by atoms with Gasteiger partial charge in [-0.25, -0.2) is 0 Å². The second kappa shape index (κ2) is 6.88. The van der Waals surface area contributed by atoms with Crippen molar-refractivity contribution in [2.45, 2.75) is 122 Å². The van der Waals surface area contributed by atoms with Gasteiger partial charge in [0.05, 0.1) is 16.6 Å². The Labute approximate surface area is 194 Å². The summed E-state index contributed by atoms with van der Waals surface area (Å²) in [5.74, 6) is -1.15. The maximum Gasteiger partial charge on any atom is 0.172 e. The number of rotatable bonds is 4. The third kappa shape index (κ3) is 3.47. The molecule has 176 valence electrons. The average molecular weight is 467 g/mol. The van der Waals surface area contributed by atoms with E-state index in [2.05, 4.69) is 90.6 Å². The molecule has 1 aliphatic carbocycles. The van der Waals surface area contributed by atoms with Gasteiger partial charge in [-0.15, -0.1) is 9.24 Å². The smallest absolute Gasteiger partial charge is 0.172 e. The van der Waals surface area contributed by atoms with Crippen LogP contribution in [-0.2, 0) is 14.2 Å². The standard InChI is InChI=1S/C26H44O3P2/c1-20(2,3)31(21(4,5)6)14-18-12-11-13-19(18)26(17-30)22(7)15-24(9)28-23(26,8)16-25(10,27-22)29-24/h11-12H,13-17,30H2,1-10H3. The molecule has 31 heavy (non-hydrogen) atoms. The van der Waals surface area contributed by atoms with Gasteiger partial charge in [0.25, 0.3) is 0 Å². The normalized spacial score (nSPS) is 44.8. The lowest BCUT2D eigenvalue weighted by Gasteiger charge is -2.75. The number of hydrogen-bond donors (Lipinski definition) is 0. The van der Waals surface area contributed by atoms with E-state index in [1.807, 2.05) is 0 Å². The summed E-state index contributed by atoms with van der Waals surface area (Å²) in [5.41, 5.74) is 2.28. The highest BCUT2D eigenvalue weighted by molar-refractivity contribution is 7.61. The molecule has 5 unspecified atom stereocenters. The van der Waals surface area contributed by atoms with Gasteiger partial charge in [-0.1, -0.05) is 67.2 Å². The molecule has 4 saturated heterocycles. The Morgan fingerprint density at radius 3 is 1.77 bits per heavy atom. The third-order valence-electron chi connectivity index (χ3n) is 8.23. The molecule has 3 nitrogen and oxygen atoms in total. The molecule has 0 saturated carbocycles. The first kappa shape index (κ1) is 24.3. The zero-order chi connectivity index (χ0) is 23.3. The molecule has 4 heterocycles. The highest BCUT2D eigenvalue weighted by Crippen LogP contribution is 2.71. The Hall–Kier alpha value is 0.220. The van der Waals surface area contributed by atoms with Crippen LogP contribution in [0.15, 0.2) is 23.3 Å². The van der Waals surface area contributed by atoms with Gasteiger partial charge in [-0.3, -0.25) is 0 Å². The van der Waals surface area contributed by atoms with Gasteiger partial charge >= 0.3 is 0 Å². The summed E-state index contributed by atoms with van der Waals surface area (Å²) in [6.07, 6.45) is 9.44. The first-order valence-corrected chi connectivity index (χ1v) is 14.2. The quantitative estimate of drug-likeness (QED) is 0.417. The van der Waals surface area contributed by atoms with Gasteiger partial charge in [0.15, 0.2) is 11.6 Å². The fourth-order valence-corrected chi connectivity index (χ4v) is 12.6. The van der Waals surface area contributed by atoms with E-state index in [0.717, 1.165) is 31.6 Å². The lowest BCUT2D eigenvalue weighted by molar-refractivity contribution is -0.538. The number of ether oxygens (including phenoxy) is 3. The molecule has 5 aliphatic rings. The van der Waals surface area contributed by atoms with Crippen LogP contribution in [0.1, 0.15) is 88.5 Å². The Balaban J connectivity index is 1.85. The van der Waals surface area contributed by atoms with Crippen LogP contribution < -0.4 is 0 Å². The highest BCUT2D eigenvalue weighted by atomic mass is 31.1. The van der Waals surface area contributed by atoms with Crippen LogP contribution in [0.4, 0.5) is 0 Å². The lowest BCUT2D eigenvalue weighted by atomic mass is 9.51. The molecular formula is C26H44O3P2. The molecule has 4 aliphatic heterocycles. The van der Waals surface area contributed by atoms with Gasteiger partial charge in [-0.2, -0.15) is 0 Å². The number of allylic oxidation sites excluding steroid dienone is 3. The van der Waals surface area contributed by atoms with E-state index in [4.69, 9.17) is 14.2 Å². The van der Waals surface area contributed by atoms with Gasteiger partial charge < -0.3 is 14.2 Å². The van der Waals surface area contributed by atoms with Crippen molar-refractivity contribution in [1.29, 1.82) is 0 Å². The molecule has 4 bridgehead atoms. The predicted molar refractivity (Wildman–Crippen MR) is 135 cm³/mol. The minimum atomic E-state index is -0.575. The monoisotopic (exact) mass is 466 g/mol. The highest BCUT2D eigenvalue weighted by Gasteiger charge is 2.77.